The Balaban J connectivity index is 2.88. The van der Waals surface area contributed by atoms with Crippen LogP contribution in [0.1, 0.15) is 12.0 Å². The normalized spacial score (nSPS) is 12.2. The lowest BCUT2D eigenvalue weighted by molar-refractivity contribution is -0.385. The van der Waals surface area contributed by atoms with Gasteiger partial charge in [-0.1, -0.05) is 6.07 Å². The van der Waals surface area contributed by atoms with Crippen LogP contribution < -0.4 is 5.32 Å². The minimum atomic E-state index is -0.405. The van der Waals surface area contributed by atoms with Gasteiger partial charge in [0.15, 0.2) is 0 Å². The van der Waals surface area contributed by atoms with E-state index < -0.39 is 4.92 Å². The van der Waals surface area contributed by atoms with E-state index in [9.17, 15) is 10.1 Å². The summed E-state index contributed by atoms with van der Waals surface area (Å²) >= 11 is 0. The quantitative estimate of drug-likeness (QED) is 0.571. The van der Waals surface area contributed by atoms with Crippen LogP contribution in [0.4, 0.5) is 11.4 Å². The number of anilines is 1. The maximum absolute atomic E-state index is 10.8. The average molecular weight is 254 g/mol. The minimum absolute atomic E-state index is 0.0367. The highest BCUT2D eigenvalue weighted by Gasteiger charge is 2.15. The number of nitro groups is 1. The van der Waals surface area contributed by atoms with E-state index in [1.807, 2.05) is 0 Å². The standard InChI is InChI=1S/C12H18N2O4/c1-9-11(4-3-5-12(9)14(16)17)13-10(6-7-15)8-18-2/h3-5,10,13,15H,6-8H2,1-2H3. The highest BCUT2D eigenvalue weighted by molar-refractivity contribution is 5.60. The van der Waals surface area contributed by atoms with Crippen molar-refractivity contribution in [3.63, 3.8) is 0 Å². The SMILES string of the molecule is COCC(CCO)Nc1cccc([N+](=O)[O-])c1C. The van der Waals surface area contributed by atoms with Crippen molar-refractivity contribution < 1.29 is 14.8 Å². The summed E-state index contributed by atoms with van der Waals surface area (Å²) in [6.07, 6.45) is 0.524. The molecule has 6 heteroatoms. The lowest BCUT2D eigenvalue weighted by atomic mass is 10.1. The largest absolute Gasteiger partial charge is 0.396 e. The molecule has 0 saturated heterocycles. The zero-order valence-electron chi connectivity index (χ0n) is 10.5. The molecular formula is C12H18N2O4. The molecule has 0 bridgehead atoms. The van der Waals surface area contributed by atoms with E-state index in [2.05, 4.69) is 5.32 Å². The Morgan fingerprint density at radius 1 is 1.56 bits per heavy atom. The Kier molecular flexibility index (Phi) is 5.54. The molecule has 0 aliphatic carbocycles. The van der Waals surface area contributed by atoms with Crippen molar-refractivity contribution >= 4 is 11.4 Å². The van der Waals surface area contributed by atoms with Crippen molar-refractivity contribution in [1.82, 2.24) is 0 Å². The first kappa shape index (κ1) is 14.4. The predicted octanol–water partition coefficient (Wildman–Crippen LogP) is 1.71. The van der Waals surface area contributed by atoms with Crippen LogP contribution >= 0.6 is 0 Å². The molecule has 1 aromatic rings. The van der Waals surface area contributed by atoms with Crippen LogP contribution in [0.25, 0.3) is 0 Å². The van der Waals surface area contributed by atoms with Gasteiger partial charge in [-0.15, -0.1) is 0 Å². The highest BCUT2D eigenvalue weighted by Crippen LogP contribution is 2.25. The number of aliphatic hydroxyl groups excluding tert-OH is 1. The van der Waals surface area contributed by atoms with Crippen LogP contribution in [0.15, 0.2) is 18.2 Å². The maximum atomic E-state index is 10.8. The van der Waals surface area contributed by atoms with Crippen molar-refractivity contribution in [2.75, 3.05) is 25.6 Å². The summed E-state index contributed by atoms with van der Waals surface area (Å²) in [6, 6.07) is 4.82. The fourth-order valence-corrected chi connectivity index (χ4v) is 1.75. The van der Waals surface area contributed by atoms with Crippen LogP contribution in [0.2, 0.25) is 0 Å². The predicted molar refractivity (Wildman–Crippen MR) is 68.8 cm³/mol. The van der Waals surface area contributed by atoms with Crippen molar-refractivity contribution in [3.8, 4) is 0 Å². The van der Waals surface area contributed by atoms with Crippen LogP contribution in [-0.2, 0) is 4.74 Å². The van der Waals surface area contributed by atoms with Gasteiger partial charge < -0.3 is 15.2 Å². The molecular weight excluding hydrogens is 236 g/mol. The Morgan fingerprint density at radius 2 is 2.28 bits per heavy atom. The van der Waals surface area contributed by atoms with Gasteiger partial charge >= 0.3 is 0 Å². The molecule has 6 nitrogen and oxygen atoms in total. The zero-order chi connectivity index (χ0) is 13.5. The van der Waals surface area contributed by atoms with Crippen LogP contribution in [0.3, 0.4) is 0 Å². The number of hydrogen-bond donors (Lipinski definition) is 2. The molecule has 1 unspecified atom stereocenters. The Labute approximate surface area is 106 Å². The third-order valence-electron chi connectivity index (χ3n) is 2.71. The number of nitro benzene ring substituents is 1. The Morgan fingerprint density at radius 3 is 2.83 bits per heavy atom. The number of rotatable bonds is 7. The summed E-state index contributed by atoms with van der Waals surface area (Å²) < 4.78 is 5.04. The van der Waals surface area contributed by atoms with Gasteiger partial charge in [0.1, 0.15) is 0 Å². The minimum Gasteiger partial charge on any atom is -0.396 e. The summed E-state index contributed by atoms with van der Waals surface area (Å²) in [6.45, 7) is 2.17. The first-order valence-electron chi connectivity index (χ1n) is 5.70. The number of nitrogens with zero attached hydrogens (tertiary/aromatic N) is 1. The lowest BCUT2D eigenvalue weighted by Crippen LogP contribution is -2.26. The second-order valence-corrected chi connectivity index (χ2v) is 4.02. The monoisotopic (exact) mass is 254 g/mol. The number of methoxy groups -OCH3 is 1. The van der Waals surface area contributed by atoms with Crippen LogP contribution in [0.5, 0.6) is 0 Å². The molecule has 0 heterocycles. The van der Waals surface area contributed by atoms with Crippen molar-refractivity contribution in [2.45, 2.75) is 19.4 Å². The van der Waals surface area contributed by atoms with E-state index in [0.717, 1.165) is 0 Å². The van der Waals surface area contributed by atoms with Crippen molar-refractivity contribution in [1.29, 1.82) is 0 Å². The van der Waals surface area contributed by atoms with Gasteiger partial charge in [-0.2, -0.15) is 0 Å². The van der Waals surface area contributed by atoms with Gasteiger partial charge in [-0.3, -0.25) is 10.1 Å². The topological polar surface area (TPSA) is 84.6 Å². The molecule has 0 amide bonds. The number of nitrogens with one attached hydrogen (secondary N) is 1. The highest BCUT2D eigenvalue weighted by atomic mass is 16.6. The van der Waals surface area contributed by atoms with Gasteiger partial charge in [-0.05, 0) is 19.4 Å². The molecule has 1 rings (SSSR count). The molecule has 0 saturated carbocycles. The van der Waals surface area contributed by atoms with Crippen LogP contribution in [-0.4, -0.2) is 36.4 Å². The Hall–Kier alpha value is -1.66. The maximum Gasteiger partial charge on any atom is 0.274 e. The second kappa shape index (κ2) is 6.93. The van der Waals surface area contributed by atoms with E-state index in [1.165, 1.54) is 6.07 Å². The summed E-state index contributed by atoms with van der Waals surface area (Å²) in [4.78, 5) is 10.4. The van der Waals surface area contributed by atoms with Crippen LogP contribution in [0, 0.1) is 17.0 Å². The number of aliphatic hydroxyl groups is 1. The number of ether oxygens (including phenoxy) is 1. The first-order chi connectivity index (χ1) is 8.60. The molecule has 18 heavy (non-hydrogen) atoms. The van der Waals surface area contributed by atoms with Gasteiger partial charge in [-0.25, -0.2) is 0 Å². The average Bonchev–Trinajstić information content (AvgIpc) is 2.32. The molecule has 100 valence electrons. The van der Waals surface area contributed by atoms with Gasteiger partial charge in [0.25, 0.3) is 5.69 Å². The zero-order valence-corrected chi connectivity index (χ0v) is 10.5. The lowest BCUT2D eigenvalue weighted by Gasteiger charge is -2.19. The van der Waals surface area contributed by atoms with Crippen molar-refractivity contribution in [2.24, 2.45) is 0 Å². The number of benzene rings is 1. The van der Waals surface area contributed by atoms with Gasteiger partial charge in [0.2, 0.25) is 0 Å². The fourth-order valence-electron chi connectivity index (χ4n) is 1.75. The fraction of sp³-hybridized carbons (Fsp3) is 0.500. The van der Waals surface area contributed by atoms with E-state index >= 15 is 0 Å². The summed E-state index contributed by atoms with van der Waals surface area (Å²) in [5, 5.41) is 22.9. The summed E-state index contributed by atoms with van der Waals surface area (Å²) in [5.74, 6) is 0. The molecule has 0 radical (unpaired) electrons. The van der Waals surface area contributed by atoms with Gasteiger partial charge in [0, 0.05) is 31.0 Å². The molecule has 2 N–H and O–H groups in total. The molecule has 0 spiro atoms. The summed E-state index contributed by atoms with van der Waals surface area (Å²) in [7, 11) is 1.58. The van der Waals surface area contributed by atoms with E-state index in [1.54, 1.807) is 26.2 Å². The first-order valence-corrected chi connectivity index (χ1v) is 5.70. The van der Waals surface area contributed by atoms with Crippen molar-refractivity contribution in [3.05, 3.63) is 33.9 Å². The number of hydrogen-bond acceptors (Lipinski definition) is 5. The summed E-state index contributed by atoms with van der Waals surface area (Å²) in [5.41, 5.74) is 1.36. The Bertz CT molecular complexity index is 403. The molecule has 0 aliphatic heterocycles. The van der Waals surface area contributed by atoms with E-state index in [4.69, 9.17) is 9.84 Å². The third kappa shape index (κ3) is 3.68. The third-order valence-corrected chi connectivity index (χ3v) is 2.71. The molecule has 1 atom stereocenters. The molecule has 0 aliphatic rings. The molecule has 0 fully saturated rings. The molecule has 1 aromatic carbocycles. The van der Waals surface area contributed by atoms with Gasteiger partial charge in [0.05, 0.1) is 17.6 Å². The van der Waals surface area contributed by atoms with E-state index in [-0.39, 0.29) is 18.3 Å². The second-order valence-electron chi connectivity index (χ2n) is 4.02. The van der Waals surface area contributed by atoms with E-state index in [0.29, 0.717) is 24.3 Å². The smallest absolute Gasteiger partial charge is 0.274 e. The molecule has 0 aromatic heterocycles.